The lowest BCUT2D eigenvalue weighted by molar-refractivity contribution is 0.0951. The average molecular weight is 114 g/mol. The third-order valence-corrected chi connectivity index (χ3v) is 1.61. The zero-order valence-electron chi connectivity index (χ0n) is 5.86. The van der Waals surface area contributed by atoms with Crippen molar-refractivity contribution < 1.29 is 5.11 Å². The number of aliphatic hydroxyl groups is 1. The first kappa shape index (κ1) is 7.70. The normalized spacial score (nSPS) is 17.5. The van der Waals surface area contributed by atoms with E-state index in [-0.39, 0.29) is 0 Å². The van der Waals surface area contributed by atoms with E-state index in [0.29, 0.717) is 0 Å². The van der Waals surface area contributed by atoms with Crippen LogP contribution in [0.5, 0.6) is 0 Å². The summed E-state index contributed by atoms with van der Waals surface area (Å²) in [5, 5.41) is 9.30. The summed E-state index contributed by atoms with van der Waals surface area (Å²) in [7, 11) is 0. The lowest BCUT2D eigenvalue weighted by atomic mass is 9.96. The van der Waals surface area contributed by atoms with Crippen LogP contribution in [0.2, 0.25) is 0 Å². The quantitative estimate of drug-likeness (QED) is 0.542. The third kappa shape index (κ3) is 1.66. The van der Waals surface area contributed by atoms with Crippen molar-refractivity contribution in [3.05, 3.63) is 12.2 Å². The van der Waals surface area contributed by atoms with E-state index < -0.39 is 5.60 Å². The summed E-state index contributed by atoms with van der Waals surface area (Å²) in [6, 6.07) is 0. The molecule has 0 aliphatic rings. The van der Waals surface area contributed by atoms with Crippen LogP contribution < -0.4 is 0 Å². The van der Waals surface area contributed by atoms with Gasteiger partial charge in [0.15, 0.2) is 0 Å². The van der Waals surface area contributed by atoms with Gasteiger partial charge in [0, 0.05) is 0 Å². The van der Waals surface area contributed by atoms with Gasteiger partial charge in [-0.05, 0) is 25.8 Å². The standard InChI is InChI=1S/C7H14O/c1-5-7(4,8)6(2)3/h8H,2,5H2,1,3-4H3. The summed E-state index contributed by atoms with van der Waals surface area (Å²) in [6.07, 6.45) is 0.738. The van der Waals surface area contributed by atoms with Crippen LogP contribution in [-0.4, -0.2) is 10.7 Å². The molecule has 0 aliphatic heterocycles. The first-order valence-corrected chi connectivity index (χ1v) is 2.89. The van der Waals surface area contributed by atoms with Crippen molar-refractivity contribution in [2.45, 2.75) is 32.8 Å². The molecule has 1 N–H and O–H groups in total. The van der Waals surface area contributed by atoms with E-state index in [1.165, 1.54) is 0 Å². The molecule has 1 unspecified atom stereocenters. The van der Waals surface area contributed by atoms with Crippen LogP contribution in [-0.2, 0) is 0 Å². The molecule has 1 heteroatoms. The molecule has 0 amide bonds. The molecule has 0 saturated carbocycles. The van der Waals surface area contributed by atoms with Gasteiger partial charge in [-0.25, -0.2) is 0 Å². The van der Waals surface area contributed by atoms with E-state index in [2.05, 4.69) is 6.58 Å². The predicted molar refractivity (Wildman–Crippen MR) is 35.7 cm³/mol. The topological polar surface area (TPSA) is 20.2 Å². The van der Waals surface area contributed by atoms with Crippen LogP contribution in [0.4, 0.5) is 0 Å². The average Bonchev–Trinajstić information content (AvgIpc) is 1.67. The lowest BCUT2D eigenvalue weighted by Gasteiger charge is -2.20. The van der Waals surface area contributed by atoms with Crippen LogP contribution in [0.1, 0.15) is 27.2 Å². The van der Waals surface area contributed by atoms with Gasteiger partial charge < -0.3 is 5.11 Å². The fraction of sp³-hybridized carbons (Fsp3) is 0.714. The fourth-order valence-corrected chi connectivity index (χ4v) is 0.302. The Bertz CT molecular complexity index is 92.6. The molecule has 0 spiro atoms. The van der Waals surface area contributed by atoms with Gasteiger partial charge in [-0.2, -0.15) is 0 Å². The first-order chi connectivity index (χ1) is 3.50. The Kier molecular flexibility index (Phi) is 2.23. The van der Waals surface area contributed by atoms with E-state index >= 15 is 0 Å². The molecule has 0 aromatic heterocycles. The Balaban J connectivity index is 3.91. The fourth-order valence-electron chi connectivity index (χ4n) is 0.302. The summed E-state index contributed by atoms with van der Waals surface area (Å²) in [5.74, 6) is 0. The SMILES string of the molecule is C=C(C)C(C)(O)CC. The summed E-state index contributed by atoms with van der Waals surface area (Å²) >= 11 is 0. The molecule has 0 aliphatic carbocycles. The number of rotatable bonds is 2. The Hall–Kier alpha value is -0.300. The van der Waals surface area contributed by atoms with Crippen LogP contribution in [0.25, 0.3) is 0 Å². The maximum Gasteiger partial charge on any atom is 0.0820 e. The number of hydrogen-bond acceptors (Lipinski definition) is 1. The smallest absolute Gasteiger partial charge is 0.0820 e. The van der Waals surface area contributed by atoms with Gasteiger partial charge in [-0.3, -0.25) is 0 Å². The maximum absolute atomic E-state index is 9.30. The second-order valence-electron chi connectivity index (χ2n) is 2.41. The van der Waals surface area contributed by atoms with E-state index in [0.717, 1.165) is 12.0 Å². The van der Waals surface area contributed by atoms with Crippen molar-refractivity contribution in [2.75, 3.05) is 0 Å². The maximum atomic E-state index is 9.30. The van der Waals surface area contributed by atoms with Crippen LogP contribution in [0.3, 0.4) is 0 Å². The molecule has 0 fully saturated rings. The Morgan fingerprint density at radius 2 is 2.12 bits per heavy atom. The molecule has 0 aromatic carbocycles. The summed E-state index contributed by atoms with van der Waals surface area (Å²) in [6.45, 7) is 9.20. The minimum Gasteiger partial charge on any atom is -0.386 e. The van der Waals surface area contributed by atoms with Crippen LogP contribution in [0.15, 0.2) is 12.2 Å². The predicted octanol–water partition coefficient (Wildman–Crippen LogP) is 1.72. The molecule has 0 heterocycles. The molecule has 0 aromatic rings. The zero-order chi connectivity index (χ0) is 6.78. The summed E-state index contributed by atoms with van der Waals surface area (Å²) < 4.78 is 0. The van der Waals surface area contributed by atoms with Crippen molar-refractivity contribution in [1.82, 2.24) is 0 Å². The van der Waals surface area contributed by atoms with Gasteiger partial charge >= 0.3 is 0 Å². The highest BCUT2D eigenvalue weighted by atomic mass is 16.3. The Morgan fingerprint density at radius 1 is 1.75 bits per heavy atom. The third-order valence-electron chi connectivity index (χ3n) is 1.61. The van der Waals surface area contributed by atoms with E-state index in [9.17, 15) is 5.11 Å². The minimum absolute atomic E-state index is 0.653. The molecule has 48 valence electrons. The van der Waals surface area contributed by atoms with Crippen LogP contribution >= 0.6 is 0 Å². The van der Waals surface area contributed by atoms with Crippen molar-refractivity contribution in [3.63, 3.8) is 0 Å². The van der Waals surface area contributed by atoms with E-state index in [1.807, 2.05) is 13.8 Å². The minimum atomic E-state index is -0.653. The van der Waals surface area contributed by atoms with Gasteiger partial charge in [-0.15, -0.1) is 0 Å². The monoisotopic (exact) mass is 114 g/mol. The van der Waals surface area contributed by atoms with E-state index in [4.69, 9.17) is 0 Å². The highest BCUT2D eigenvalue weighted by Gasteiger charge is 2.16. The van der Waals surface area contributed by atoms with Crippen molar-refractivity contribution in [2.24, 2.45) is 0 Å². The van der Waals surface area contributed by atoms with Crippen molar-refractivity contribution >= 4 is 0 Å². The molecule has 1 atom stereocenters. The summed E-state index contributed by atoms with van der Waals surface area (Å²) in [4.78, 5) is 0. The second kappa shape index (κ2) is 2.31. The molecular weight excluding hydrogens is 100 g/mol. The Labute approximate surface area is 51.0 Å². The van der Waals surface area contributed by atoms with Gasteiger partial charge in [0.1, 0.15) is 0 Å². The highest BCUT2D eigenvalue weighted by molar-refractivity contribution is 5.05. The molecule has 0 bridgehead atoms. The summed E-state index contributed by atoms with van der Waals surface area (Å²) in [5.41, 5.74) is 0.181. The zero-order valence-corrected chi connectivity index (χ0v) is 5.86. The van der Waals surface area contributed by atoms with E-state index in [1.54, 1.807) is 6.92 Å². The molecule has 0 rings (SSSR count). The second-order valence-corrected chi connectivity index (χ2v) is 2.41. The molecule has 8 heavy (non-hydrogen) atoms. The largest absolute Gasteiger partial charge is 0.386 e. The molecule has 1 nitrogen and oxygen atoms in total. The molecule has 0 saturated heterocycles. The van der Waals surface area contributed by atoms with Gasteiger partial charge in [0.25, 0.3) is 0 Å². The highest BCUT2D eigenvalue weighted by Crippen LogP contribution is 2.16. The molecular formula is C7H14O. The van der Waals surface area contributed by atoms with Crippen LogP contribution in [0, 0.1) is 0 Å². The van der Waals surface area contributed by atoms with Crippen molar-refractivity contribution in [1.29, 1.82) is 0 Å². The lowest BCUT2D eigenvalue weighted by Crippen LogP contribution is -2.23. The van der Waals surface area contributed by atoms with Gasteiger partial charge in [0.2, 0.25) is 0 Å². The first-order valence-electron chi connectivity index (χ1n) is 2.89. The number of hydrogen-bond donors (Lipinski definition) is 1. The van der Waals surface area contributed by atoms with Crippen molar-refractivity contribution in [3.8, 4) is 0 Å². The van der Waals surface area contributed by atoms with Gasteiger partial charge in [0.05, 0.1) is 5.60 Å². The molecule has 0 radical (unpaired) electrons. The van der Waals surface area contributed by atoms with Gasteiger partial charge in [-0.1, -0.05) is 13.5 Å². The Morgan fingerprint density at radius 3 is 2.12 bits per heavy atom.